The van der Waals surface area contributed by atoms with Crippen molar-refractivity contribution in [1.29, 1.82) is 0 Å². The molecule has 0 saturated carbocycles. The van der Waals surface area contributed by atoms with Crippen molar-refractivity contribution < 1.29 is 14.0 Å². The fourth-order valence-corrected chi connectivity index (χ4v) is 4.02. The van der Waals surface area contributed by atoms with E-state index in [1.54, 1.807) is 11.6 Å². The Balaban J connectivity index is 1.70. The number of aromatic nitrogens is 3. The molecule has 0 aliphatic carbocycles. The highest BCUT2D eigenvalue weighted by Gasteiger charge is 2.40. The standard InChI is InChI=1S/C21H11BrClFN4O2/c1-10-17-18-14(9-25-19(17)28(26-10)12-4-2-11(22)3-5-12)20(29)27(21(18)30)13-6-7-16(24)15(23)8-13/h2-9H,1H3. The second kappa shape index (κ2) is 6.72. The molecule has 9 heteroatoms. The molecule has 2 aromatic heterocycles. The Morgan fingerprint density at radius 1 is 1.03 bits per heavy atom. The molecule has 0 fully saturated rings. The lowest BCUT2D eigenvalue weighted by atomic mass is 10.1. The second-order valence-electron chi connectivity index (χ2n) is 6.76. The maximum absolute atomic E-state index is 13.5. The normalized spacial score (nSPS) is 13.4. The highest BCUT2D eigenvalue weighted by atomic mass is 79.9. The zero-order chi connectivity index (χ0) is 21.2. The first-order valence-electron chi connectivity index (χ1n) is 8.85. The van der Waals surface area contributed by atoms with Gasteiger partial charge in [0.1, 0.15) is 5.82 Å². The van der Waals surface area contributed by atoms with E-state index in [2.05, 4.69) is 26.0 Å². The number of rotatable bonds is 2. The highest BCUT2D eigenvalue weighted by molar-refractivity contribution is 9.10. The number of anilines is 1. The molecular formula is C21H11BrClFN4O2. The van der Waals surface area contributed by atoms with Gasteiger partial charge in [-0.05, 0) is 49.4 Å². The molecule has 4 aromatic rings. The predicted octanol–water partition coefficient (Wildman–Crippen LogP) is 5.08. The van der Waals surface area contributed by atoms with Crippen molar-refractivity contribution in [3.05, 3.63) is 80.8 Å². The molecule has 5 rings (SSSR count). The largest absolute Gasteiger partial charge is 0.268 e. The van der Waals surface area contributed by atoms with E-state index < -0.39 is 17.6 Å². The van der Waals surface area contributed by atoms with E-state index in [-0.39, 0.29) is 21.8 Å². The fraction of sp³-hybridized carbons (Fsp3) is 0.0476. The topological polar surface area (TPSA) is 68.1 Å². The molecule has 30 heavy (non-hydrogen) atoms. The summed E-state index contributed by atoms with van der Waals surface area (Å²) in [4.78, 5) is 31.6. The number of carbonyl (C=O) groups excluding carboxylic acids is 2. The van der Waals surface area contributed by atoms with E-state index in [0.717, 1.165) is 21.1 Å². The zero-order valence-electron chi connectivity index (χ0n) is 15.4. The first-order chi connectivity index (χ1) is 14.4. The number of imide groups is 1. The highest BCUT2D eigenvalue weighted by Crippen LogP contribution is 2.35. The van der Waals surface area contributed by atoms with Crippen LogP contribution >= 0.6 is 27.5 Å². The predicted molar refractivity (Wildman–Crippen MR) is 114 cm³/mol. The molecule has 2 amide bonds. The zero-order valence-corrected chi connectivity index (χ0v) is 17.7. The van der Waals surface area contributed by atoms with Crippen LogP contribution in [0.2, 0.25) is 5.02 Å². The van der Waals surface area contributed by atoms with E-state index in [9.17, 15) is 14.0 Å². The molecule has 0 bridgehead atoms. The number of fused-ring (bicyclic) bond motifs is 3. The first-order valence-corrected chi connectivity index (χ1v) is 10.0. The van der Waals surface area contributed by atoms with E-state index >= 15 is 0 Å². The third-order valence-electron chi connectivity index (χ3n) is 4.95. The van der Waals surface area contributed by atoms with Crippen molar-refractivity contribution in [2.75, 3.05) is 4.90 Å². The van der Waals surface area contributed by atoms with Crippen molar-refractivity contribution in [3.8, 4) is 5.69 Å². The van der Waals surface area contributed by atoms with Crippen LogP contribution in [-0.4, -0.2) is 26.6 Å². The molecule has 1 aliphatic rings. The molecule has 2 aromatic carbocycles. The van der Waals surface area contributed by atoms with Crippen LogP contribution in [0.5, 0.6) is 0 Å². The summed E-state index contributed by atoms with van der Waals surface area (Å²) in [6, 6.07) is 11.2. The Kier molecular flexibility index (Phi) is 4.23. The minimum Gasteiger partial charge on any atom is -0.268 e. The van der Waals surface area contributed by atoms with Gasteiger partial charge in [-0.25, -0.2) is 19.0 Å². The second-order valence-corrected chi connectivity index (χ2v) is 8.09. The first kappa shape index (κ1) is 18.9. The smallest absolute Gasteiger partial charge is 0.267 e. The lowest BCUT2D eigenvalue weighted by molar-refractivity contribution is 0.0926. The van der Waals surface area contributed by atoms with Crippen LogP contribution in [0.15, 0.2) is 53.1 Å². The number of hydrogen-bond donors (Lipinski definition) is 0. The molecule has 3 heterocycles. The summed E-state index contributed by atoms with van der Waals surface area (Å²) in [7, 11) is 0. The molecule has 0 N–H and O–H groups in total. The van der Waals surface area contributed by atoms with E-state index in [4.69, 9.17) is 11.6 Å². The monoisotopic (exact) mass is 484 g/mol. The molecule has 0 spiro atoms. The summed E-state index contributed by atoms with van der Waals surface area (Å²) in [5.74, 6) is -1.70. The van der Waals surface area contributed by atoms with Gasteiger partial charge in [-0.3, -0.25) is 9.59 Å². The van der Waals surface area contributed by atoms with E-state index in [0.29, 0.717) is 16.7 Å². The number of hydrogen-bond acceptors (Lipinski definition) is 4. The van der Waals surface area contributed by atoms with E-state index in [1.165, 1.54) is 18.3 Å². The van der Waals surface area contributed by atoms with Crippen molar-refractivity contribution >= 4 is 56.1 Å². The van der Waals surface area contributed by atoms with Crippen LogP contribution in [0.4, 0.5) is 10.1 Å². The molecule has 6 nitrogen and oxygen atoms in total. The molecule has 0 saturated heterocycles. The summed E-state index contributed by atoms with van der Waals surface area (Å²) < 4.78 is 16.1. The van der Waals surface area contributed by atoms with Gasteiger partial charge < -0.3 is 0 Å². The maximum atomic E-state index is 13.5. The minimum atomic E-state index is -0.632. The van der Waals surface area contributed by atoms with Gasteiger partial charge in [-0.15, -0.1) is 0 Å². The SMILES string of the molecule is Cc1nn(-c2ccc(Br)cc2)c2ncc3c(c12)C(=O)N(c1ccc(F)c(Cl)c1)C3=O. The molecular weight excluding hydrogens is 475 g/mol. The summed E-state index contributed by atoms with van der Waals surface area (Å²) in [6.45, 7) is 1.76. The third-order valence-corrected chi connectivity index (χ3v) is 5.77. The quantitative estimate of drug-likeness (QED) is 0.371. The summed E-state index contributed by atoms with van der Waals surface area (Å²) in [6.07, 6.45) is 1.37. The van der Waals surface area contributed by atoms with Gasteiger partial charge >= 0.3 is 0 Å². The van der Waals surface area contributed by atoms with Crippen molar-refractivity contribution in [3.63, 3.8) is 0 Å². The van der Waals surface area contributed by atoms with Gasteiger partial charge in [0, 0.05) is 10.7 Å². The number of amides is 2. The van der Waals surface area contributed by atoms with Gasteiger partial charge in [-0.2, -0.15) is 5.10 Å². The average molecular weight is 486 g/mol. The fourth-order valence-electron chi connectivity index (χ4n) is 3.58. The van der Waals surface area contributed by atoms with Crippen LogP contribution < -0.4 is 4.90 Å². The number of nitrogens with zero attached hydrogens (tertiary/aromatic N) is 4. The van der Waals surface area contributed by atoms with Gasteiger partial charge in [0.25, 0.3) is 11.8 Å². The summed E-state index contributed by atoms with van der Waals surface area (Å²) in [5.41, 5.74) is 2.39. The lowest BCUT2D eigenvalue weighted by Gasteiger charge is -2.14. The van der Waals surface area contributed by atoms with Crippen LogP contribution in [0.1, 0.15) is 26.4 Å². The van der Waals surface area contributed by atoms with Crippen molar-refractivity contribution in [2.24, 2.45) is 0 Å². The third kappa shape index (κ3) is 2.68. The van der Waals surface area contributed by atoms with Gasteiger partial charge in [0.2, 0.25) is 0 Å². The van der Waals surface area contributed by atoms with E-state index in [1.807, 2.05) is 24.3 Å². The Labute approximate surface area is 183 Å². The van der Waals surface area contributed by atoms with Gasteiger partial charge in [0.05, 0.1) is 38.6 Å². The van der Waals surface area contributed by atoms with Crippen LogP contribution in [0, 0.1) is 12.7 Å². The molecule has 1 aliphatic heterocycles. The maximum Gasteiger partial charge on any atom is 0.267 e. The summed E-state index contributed by atoms with van der Waals surface area (Å²) >= 11 is 9.25. The number of halogens is 3. The van der Waals surface area contributed by atoms with Crippen molar-refractivity contribution in [1.82, 2.24) is 14.8 Å². The molecule has 148 valence electrons. The number of carbonyl (C=O) groups is 2. The van der Waals surface area contributed by atoms with Gasteiger partial charge in [-0.1, -0.05) is 27.5 Å². The van der Waals surface area contributed by atoms with Crippen molar-refractivity contribution in [2.45, 2.75) is 6.92 Å². The average Bonchev–Trinajstić information content (AvgIpc) is 3.19. The lowest BCUT2D eigenvalue weighted by Crippen LogP contribution is -2.29. The molecule has 0 atom stereocenters. The number of pyridine rings is 1. The Hall–Kier alpha value is -3.10. The number of aryl methyl sites for hydroxylation is 1. The Morgan fingerprint density at radius 3 is 2.43 bits per heavy atom. The van der Waals surface area contributed by atoms with Crippen LogP contribution in [0.3, 0.4) is 0 Å². The van der Waals surface area contributed by atoms with Crippen LogP contribution in [-0.2, 0) is 0 Å². The molecule has 0 unspecified atom stereocenters. The molecule has 0 radical (unpaired) electrons. The summed E-state index contributed by atoms with van der Waals surface area (Å²) in [5, 5.41) is 4.87. The number of benzene rings is 2. The Bertz CT molecular complexity index is 1380. The Morgan fingerprint density at radius 2 is 1.73 bits per heavy atom. The van der Waals surface area contributed by atoms with Crippen LogP contribution in [0.25, 0.3) is 16.7 Å². The van der Waals surface area contributed by atoms with Gasteiger partial charge in [0.15, 0.2) is 5.65 Å². The minimum absolute atomic E-state index is 0.173.